The molecule has 2 aromatic heterocycles. The number of nitrogens with zero attached hydrogens (tertiary/aromatic N) is 2. The molecule has 1 aromatic carbocycles. The predicted molar refractivity (Wildman–Crippen MR) is 69.8 cm³/mol. The molecular formula is C15H11FN2O. The fourth-order valence-corrected chi connectivity index (χ4v) is 2.12. The Morgan fingerprint density at radius 2 is 2.16 bits per heavy atom. The molecule has 0 N–H and O–H groups in total. The van der Waals surface area contributed by atoms with E-state index in [9.17, 15) is 9.18 Å². The molecule has 0 saturated carbocycles. The molecule has 0 amide bonds. The van der Waals surface area contributed by atoms with Crippen LogP contribution in [0, 0.1) is 5.82 Å². The molecule has 19 heavy (non-hydrogen) atoms. The summed E-state index contributed by atoms with van der Waals surface area (Å²) in [5.74, 6) is -0.255. The fraction of sp³-hybridized carbons (Fsp3) is 0.0667. The van der Waals surface area contributed by atoms with Gasteiger partial charge in [-0.3, -0.25) is 4.79 Å². The van der Waals surface area contributed by atoms with Crippen LogP contribution in [0.25, 0.3) is 5.65 Å². The van der Waals surface area contributed by atoms with Crippen LogP contribution in [0.3, 0.4) is 0 Å². The zero-order valence-corrected chi connectivity index (χ0v) is 10.1. The molecule has 0 unspecified atom stereocenters. The summed E-state index contributed by atoms with van der Waals surface area (Å²) in [5, 5.41) is 0. The normalized spacial score (nSPS) is 10.8. The van der Waals surface area contributed by atoms with Gasteiger partial charge in [-0.2, -0.15) is 0 Å². The highest BCUT2D eigenvalue weighted by molar-refractivity contribution is 5.84. The Kier molecular flexibility index (Phi) is 2.83. The molecule has 0 bridgehead atoms. The van der Waals surface area contributed by atoms with E-state index in [4.69, 9.17) is 0 Å². The fourth-order valence-electron chi connectivity index (χ4n) is 2.12. The summed E-state index contributed by atoms with van der Waals surface area (Å²) in [5.41, 5.74) is 2.84. The number of hydrogen-bond donors (Lipinski definition) is 0. The Balaban J connectivity index is 2.00. The van der Waals surface area contributed by atoms with E-state index in [1.807, 2.05) is 18.5 Å². The first-order chi connectivity index (χ1) is 9.26. The van der Waals surface area contributed by atoms with Gasteiger partial charge in [0.25, 0.3) is 0 Å². The second-order valence-electron chi connectivity index (χ2n) is 4.35. The quantitative estimate of drug-likeness (QED) is 0.673. The Hall–Kier alpha value is -2.49. The summed E-state index contributed by atoms with van der Waals surface area (Å²) < 4.78 is 14.9. The lowest BCUT2D eigenvalue weighted by Crippen LogP contribution is -1.89. The summed E-state index contributed by atoms with van der Waals surface area (Å²) in [4.78, 5) is 15.3. The van der Waals surface area contributed by atoms with Crippen LogP contribution in [-0.4, -0.2) is 15.7 Å². The molecule has 0 aliphatic rings. The van der Waals surface area contributed by atoms with Crippen LogP contribution < -0.4 is 0 Å². The number of hydrogen-bond acceptors (Lipinski definition) is 2. The molecular weight excluding hydrogens is 243 g/mol. The SMILES string of the molecule is O=Cc1cccn2cc(Cc3cccc(F)c3)nc12. The van der Waals surface area contributed by atoms with Crippen LogP contribution in [0.4, 0.5) is 4.39 Å². The van der Waals surface area contributed by atoms with Crippen molar-refractivity contribution in [1.29, 1.82) is 0 Å². The minimum Gasteiger partial charge on any atom is -0.306 e. The molecule has 2 heterocycles. The van der Waals surface area contributed by atoms with Crippen LogP contribution >= 0.6 is 0 Å². The van der Waals surface area contributed by atoms with Crippen molar-refractivity contribution in [3.05, 3.63) is 71.4 Å². The monoisotopic (exact) mass is 254 g/mol. The summed E-state index contributed by atoms with van der Waals surface area (Å²) in [7, 11) is 0. The van der Waals surface area contributed by atoms with Crippen molar-refractivity contribution in [3.8, 4) is 0 Å². The van der Waals surface area contributed by atoms with Gasteiger partial charge in [-0.15, -0.1) is 0 Å². The number of pyridine rings is 1. The maximum atomic E-state index is 13.1. The van der Waals surface area contributed by atoms with E-state index in [2.05, 4.69) is 4.98 Å². The summed E-state index contributed by atoms with van der Waals surface area (Å²) in [6, 6.07) is 9.96. The number of carbonyl (C=O) groups excluding carboxylic acids is 1. The molecule has 0 spiro atoms. The number of fused-ring (bicyclic) bond motifs is 1. The summed E-state index contributed by atoms with van der Waals surface area (Å²) in [6.07, 6.45) is 5.02. The van der Waals surface area contributed by atoms with Gasteiger partial charge in [0.1, 0.15) is 11.5 Å². The van der Waals surface area contributed by atoms with E-state index >= 15 is 0 Å². The maximum absolute atomic E-state index is 13.1. The minimum atomic E-state index is -0.255. The largest absolute Gasteiger partial charge is 0.306 e. The Morgan fingerprint density at radius 1 is 1.26 bits per heavy atom. The van der Waals surface area contributed by atoms with Crippen molar-refractivity contribution in [3.63, 3.8) is 0 Å². The van der Waals surface area contributed by atoms with Crippen molar-refractivity contribution in [2.75, 3.05) is 0 Å². The van der Waals surface area contributed by atoms with E-state index in [0.717, 1.165) is 17.5 Å². The van der Waals surface area contributed by atoms with Gasteiger partial charge in [0.2, 0.25) is 0 Å². The number of rotatable bonds is 3. The second-order valence-corrected chi connectivity index (χ2v) is 4.35. The third-order valence-corrected chi connectivity index (χ3v) is 2.96. The first kappa shape index (κ1) is 11.6. The number of benzene rings is 1. The average molecular weight is 254 g/mol. The molecule has 0 aliphatic heterocycles. The van der Waals surface area contributed by atoms with Crippen LogP contribution in [0.5, 0.6) is 0 Å². The molecule has 0 fully saturated rings. The van der Waals surface area contributed by atoms with Gasteiger partial charge >= 0.3 is 0 Å². The third-order valence-electron chi connectivity index (χ3n) is 2.96. The number of imidazole rings is 1. The maximum Gasteiger partial charge on any atom is 0.153 e. The van der Waals surface area contributed by atoms with Crippen LogP contribution in [0.1, 0.15) is 21.6 Å². The van der Waals surface area contributed by atoms with Crippen LogP contribution in [0.2, 0.25) is 0 Å². The van der Waals surface area contributed by atoms with Crippen LogP contribution in [-0.2, 0) is 6.42 Å². The van der Waals surface area contributed by atoms with Crippen molar-refractivity contribution < 1.29 is 9.18 Å². The predicted octanol–water partition coefficient (Wildman–Crippen LogP) is 2.88. The Labute approximate surface area is 109 Å². The number of aromatic nitrogens is 2. The van der Waals surface area contributed by atoms with E-state index in [-0.39, 0.29) is 5.82 Å². The highest BCUT2D eigenvalue weighted by atomic mass is 19.1. The third kappa shape index (κ3) is 2.25. The van der Waals surface area contributed by atoms with E-state index < -0.39 is 0 Å². The lowest BCUT2D eigenvalue weighted by atomic mass is 10.1. The molecule has 3 nitrogen and oxygen atoms in total. The van der Waals surface area contributed by atoms with Crippen molar-refractivity contribution >= 4 is 11.9 Å². The van der Waals surface area contributed by atoms with Gasteiger partial charge < -0.3 is 4.40 Å². The van der Waals surface area contributed by atoms with Gasteiger partial charge in [-0.1, -0.05) is 12.1 Å². The molecule has 0 aliphatic carbocycles. The van der Waals surface area contributed by atoms with Gasteiger partial charge in [0, 0.05) is 18.8 Å². The Morgan fingerprint density at radius 3 is 2.95 bits per heavy atom. The topological polar surface area (TPSA) is 34.4 Å². The number of halogens is 1. The standard InChI is InChI=1S/C15H11FN2O/c16-13-5-1-3-11(7-13)8-14-9-18-6-2-4-12(10-19)15(18)17-14/h1-7,9-10H,8H2. The molecule has 0 atom stereocenters. The van der Waals surface area contributed by atoms with Crippen molar-refractivity contribution in [2.24, 2.45) is 0 Å². The minimum absolute atomic E-state index is 0.255. The number of aldehydes is 1. The lowest BCUT2D eigenvalue weighted by molar-refractivity contribution is 0.112. The smallest absolute Gasteiger partial charge is 0.153 e. The van der Waals surface area contributed by atoms with E-state index in [1.54, 1.807) is 22.6 Å². The van der Waals surface area contributed by atoms with Gasteiger partial charge in [0.15, 0.2) is 6.29 Å². The van der Waals surface area contributed by atoms with Crippen molar-refractivity contribution in [1.82, 2.24) is 9.38 Å². The summed E-state index contributed by atoms with van der Waals surface area (Å²) >= 11 is 0. The highest BCUT2D eigenvalue weighted by Crippen LogP contribution is 2.13. The van der Waals surface area contributed by atoms with E-state index in [0.29, 0.717) is 17.6 Å². The average Bonchev–Trinajstić information content (AvgIpc) is 2.80. The highest BCUT2D eigenvalue weighted by Gasteiger charge is 2.06. The van der Waals surface area contributed by atoms with Crippen molar-refractivity contribution in [2.45, 2.75) is 6.42 Å². The molecule has 0 saturated heterocycles. The van der Waals surface area contributed by atoms with Gasteiger partial charge in [-0.25, -0.2) is 9.37 Å². The molecule has 0 radical (unpaired) electrons. The molecule has 3 aromatic rings. The first-order valence-electron chi connectivity index (χ1n) is 5.92. The molecule has 4 heteroatoms. The van der Waals surface area contributed by atoms with Gasteiger partial charge in [0.05, 0.1) is 11.3 Å². The zero-order valence-electron chi connectivity index (χ0n) is 10.1. The molecule has 3 rings (SSSR count). The number of carbonyl (C=O) groups is 1. The Bertz CT molecular complexity index is 749. The lowest BCUT2D eigenvalue weighted by Gasteiger charge is -1.97. The summed E-state index contributed by atoms with van der Waals surface area (Å²) in [6.45, 7) is 0. The van der Waals surface area contributed by atoms with E-state index in [1.165, 1.54) is 12.1 Å². The molecule has 94 valence electrons. The first-order valence-corrected chi connectivity index (χ1v) is 5.92. The zero-order chi connectivity index (χ0) is 13.2. The second kappa shape index (κ2) is 4.65. The van der Waals surface area contributed by atoms with Crippen LogP contribution in [0.15, 0.2) is 48.8 Å². The van der Waals surface area contributed by atoms with Gasteiger partial charge in [-0.05, 0) is 29.8 Å².